The van der Waals surface area contributed by atoms with Crippen molar-refractivity contribution in [3.8, 4) is 0 Å². The van der Waals surface area contributed by atoms with Gasteiger partial charge in [-0.1, -0.05) is 60.7 Å². The summed E-state index contributed by atoms with van der Waals surface area (Å²) in [6.07, 6.45) is 0.451. The number of nitrogens with one attached hydrogen (secondary N) is 2. The lowest BCUT2D eigenvalue weighted by atomic mass is 9.83. The number of hydrogen-bond acceptors (Lipinski definition) is 6. The summed E-state index contributed by atoms with van der Waals surface area (Å²) in [5.41, 5.74) is 1.71. The Morgan fingerprint density at radius 3 is 2.32 bits per heavy atom. The smallest absolute Gasteiger partial charge is 0.329 e. The van der Waals surface area contributed by atoms with Crippen LogP contribution in [-0.2, 0) is 32.1 Å². The largest absolute Gasteiger partial charge is 0.459 e. The molecule has 0 spiro atoms. The Kier molecular flexibility index (Phi) is 12.2. The van der Waals surface area contributed by atoms with E-state index in [1.807, 2.05) is 67.7 Å². The Labute approximate surface area is 228 Å². The average molecular weight is 552 g/mol. The van der Waals surface area contributed by atoms with Gasteiger partial charge in [-0.3, -0.25) is 4.79 Å². The molecule has 6 atom stereocenters. The highest BCUT2D eigenvalue weighted by molar-refractivity contribution is 6.25. The predicted molar refractivity (Wildman–Crippen MR) is 145 cm³/mol. The summed E-state index contributed by atoms with van der Waals surface area (Å²) in [7, 11) is 1.89. The molecule has 1 fully saturated rings. The number of carbonyl (C=O) groups excluding carboxylic acids is 2. The summed E-state index contributed by atoms with van der Waals surface area (Å²) in [6, 6.07) is 17.7. The predicted octanol–water partition coefficient (Wildman–Crippen LogP) is 3.44. The molecule has 1 amide bonds. The summed E-state index contributed by atoms with van der Waals surface area (Å²) in [4.78, 5) is 26.3. The number of unbranched alkanes of at least 4 members (excludes halogenated alkanes) is 1. The van der Waals surface area contributed by atoms with Crippen molar-refractivity contribution in [2.24, 2.45) is 5.92 Å². The molecular formula is C28H36Cl2N2O5. The van der Waals surface area contributed by atoms with Gasteiger partial charge in [0.2, 0.25) is 5.91 Å². The molecule has 9 heteroatoms. The highest BCUT2D eigenvalue weighted by Crippen LogP contribution is 2.34. The van der Waals surface area contributed by atoms with Crippen molar-refractivity contribution in [3.05, 3.63) is 71.8 Å². The van der Waals surface area contributed by atoms with Gasteiger partial charge in [0, 0.05) is 13.0 Å². The van der Waals surface area contributed by atoms with Crippen molar-refractivity contribution in [1.82, 2.24) is 10.6 Å². The number of aliphatic hydroxyl groups excluding tert-OH is 1. The summed E-state index contributed by atoms with van der Waals surface area (Å²) < 4.78 is 11.4. The number of ether oxygens (including phenoxy) is 2. The maximum absolute atomic E-state index is 13.3. The van der Waals surface area contributed by atoms with Crippen LogP contribution in [0.15, 0.2) is 60.7 Å². The first-order valence-electron chi connectivity index (χ1n) is 12.7. The Hall–Kier alpha value is -2.16. The van der Waals surface area contributed by atoms with Crippen LogP contribution in [-0.4, -0.2) is 66.2 Å². The molecular weight excluding hydrogens is 515 g/mol. The maximum Gasteiger partial charge on any atom is 0.329 e. The first-order valence-corrected chi connectivity index (χ1v) is 13.5. The first kappa shape index (κ1) is 29.4. The minimum atomic E-state index is -1.17. The van der Waals surface area contributed by atoms with Gasteiger partial charge in [0.15, 0.2) is 0 Å². The molecule has 0 bridgehead atoms. The molecule has 0 saturated heterocycles. The van der Waals surface area contributed by atoms with E-state index in [4.69, 9.17) is 32.7 Å². The highest BCUT2D eigenvalue weighted by atomic mass is 35.5. The van der Waals surface area contributed by atoms with Crippen LogP contribution in [0.1, 0.15) is 30.4 Å². The molecule has 1 aliphatic rings. The molecule has 0 aromatic heterocycles. The van der Waals surface area contributed by atoms with Crippen LogP contribution >= 0.6 is 23.2 Å². The zero-order valence-electron chi connectivity index (χ0n) is 21.0. The SMILES string of the molecule is CNCCCCOC1C(Cl)CC(C(=O)N[C@@H](Cc2ccccc2)C(=O)OCc2ccccc2)C(O)C1Cl. The lowest BCUT2D eigenvalue weighted by Gasteiger charge is -2.39. The van der Waals surface area contributed by atoms with E-state index < -0.39 is 46.8 Å². The van der Waals surface area contributed by atoms with E-state index in [1.165, 1.54) is 0 Å². The molecule has 5 unspecified atom stereocenters. The van der Waals surface area contributed by atoms with Crippen molar-refractivity contribution in [2.45, 2.75) is 61.3 Å². The minimum absolute atomic E-state index is 0.0910. The molecule has 3 rings (SSSR count). The Bertz CT molecular complexity index is 966. The van der Waals surface area contributed by atoms with Crippen molar-refractivity contribution >= 4 is 35.1 Å². The number of hydrogen-bond donors (Lipinski definition) is 3. The molecule has 3 N–H and O–H groups in total. The number of benzene rings is 2. The fraction of sp³-hybridized carbons (Fsp3) is 0.500. The van der Waals surface area contributed by atoms with Crippen LogP contribution in [0.2, 0.25) is 0 Å². The van der Waals surface area contributed by atoms with E-state index in [-0.39, 0.29) is 19.4 Å². The molecule has 1 saturated carbocycles. The lowest BCUT2D eigenvalue weighted by molar-refractivity contribution is -0.150. The third kappa shape index (κ3) is 8.97. The topological polar surface area (TPSA) is 96.9 Å². The van der Waals surface area contributed by atoms with E-state index >= 15 is 0 Å². The van der Waals surface area contributed by atoms with Crippen molar-refractivity contribution in [3.63, 3.8) is 0 Å². The van der Waals surface area contributed by atoms with Gasteiger partial charge in [-0.15, -0.1) is 23.2 Å². The summed E-state index contributed by atoms with van der Waals surface area (Å²) in [6.45, 7) is 1.44. The van der Waals surface area contributed by atoms with E-state index in [2.05, 4.69) is 10.6 Å². The minimum Gasteiger partial charge on any atom is -0.459 e. The van der Waals surface area contributed by atoms with Crippen LogP contribution < -0.4 is 10.6 Å². The molecule has 202 valence electrons. The Morgan fingerprint density at radius 2 is 1.68 bits per heavy atom. The fourth-order valence-corrected chi connectivity index (χ4v) is 5.28. The quantitative estimate of drug-likeness (QED) is 0.201. The third-order valence-electron chi connectivity index (χ3n) is 6.46. The molecule has 37 heavy (non-hydrogen) atoms. The highest BCUT2D eigenvalue weighted by Gasteiger charge is 2.46. The number of aliphatic hydroxyl groups is 1. The van der Waals surface area contributed by atoms with Gasteiger partial charge in [0.25, 0.3) is 0 Å². The van der Waals surface area contributed by atoms with Gasteiger partial charge in [0.05, 0.1) is 28.9 Å². The van der Waals surface area contributed by atoms with E-state index in [0.29, 0.717) is 6.61 Å². The lowest BCUT2D eigenvalue weighted by Crippen LogP contribution is -2.56. The van der Waals surface area contributed by atoms with Crippen LogP contribution in [0.3, 0.4) is 0 Å². The first-order chi connectivity index (χ1) is 17.9. The third-order valence-corrected chi connectivity index (χ3v) is 7.40. The normalized spacial score (nSPS) is 24.3. The second-order valence-corrected chi connectivity index (χ2v) is 10.3. The number of rotatable bonds is 13. The van der Waals surface area contributed by atoms with E-state index in [9.17, 15) is 14.7 Å². The van der Waals surface area contributed by atoms with Gasteiger partial charge in [-0.25, -0.2) is 4.79 Å². The van der Waals surface area contributed by atoms with Gasteiger partial charge in [-0.2, -0.15) is 0 Å². The molecule has 1 aliphatic carbocycles. The second kappa shape index (κ2) is 15.3. The number of halogens is 2. The second-order valence-electron chi connectivity index (χ2n) is 9.28. The maximum atomic E-state index is 13.3. The van der Waals surface area contributed by atoms with Crippen LogP contribution in [0, 0.1) is 5.92 Å². The zero-order valence-corrected chi connectivity index (χ0v) is 22.5. The number of esters is 1. The Morgan fingerprint density at radius 1 is 1.03 bits per heavy atom. The van der Waals surface area contributed by atoms with Crippen LogP contribution in [0.4, 0.5) is 0 Å². The molecule has 0 aliphatic heterocycles. The van der Waals surface area contributed by atoms with Crippen LogP contribution in [0.5, 0.6) is 0 Å². The van der Waals surface area contributed by atoms with E-state index in [0.717, 1.165) is 30.5 Å². The number of carbonyl (C=O) groups is 2. The van der Waals surface area contributed by atoms with Crippen molar-refractivity contribution in [1.29, 1.82) is 0 Å². The van der Waals surface area contributed by atoms with E-state index in [1.54, 1.807) is 0 Å². The van der Waals surface area contributed by atoms with Gasteiger partial charge >= 0.3 is 5.97 Å². The number of alkyl halides is 2. The number of amides is 1. The Balaban J connectivity index is 1.63. The molecule has 2 aromatic rings. The van der Waals surface area contributed by atoms with Crippen molar-refractivity contribution in [2.75, 3.05) is 20.2 Å². The monoisotopic (exact) mass is 550 g/mol. The average Bonchev–Trinajstić information content (AvgIpc) is 2.91. The summed E-state index contributed by atoms with van der Waals surface area (Å²) in [5, 5.41) is 15.3. The zero-order chi connectivity index (χ0) is 26.6. The van der Waals surface area contributed by atoms with Crippen LogP contribution in [0.25, 0.3) is 0 Å². The molecule has 0 heterocycles. The fourth-order valence-electron chi connectivity index (χ4n) is 4.36. The standard InChI is InChI=1S/C28H36Cl2N2O5/c1-31-14-8-9-15-36-26-22(29)17-21(25(33)24(26)30)27(34)32-23(16-19-10-4-2-5-11-19)28(35)37-18-20-12-6-3-7-13-20/h2-7,10-13,21-26,31,33H,8-9,14-18H2,1H3,(H,32,34)/t21?,22?,23-,24?,25?,26?/m0/s1. The van der Waals surface area contributed by atoms with Crippen molar-refractivity contribution < 1.29 is 24.2 Å². The van der Waals surface area contributed by atoms with Gasteiger partial charge in [0.1, 0.15) is 12.6 Å². The molecule has 0 radical (unpaired) electrons. The molecule has 7 nitrogen and oxygen atoms in total. The van der Waals surface area contributed by atoms with Gasteiger partial charge < -0.3 is 25.2 Å². The summed E-state index contributed by atoms with van der Waals surface area (Å²) >= 11 is 13.1. The summed E-state index contributed by atoms with van der Waals surface area (Å²) in [5.74, 6) is -1.93. The van der Waals surface area contributed by atoms with Gasteiger partial charge in [-0.05, 0) is 44.0 Å². The molecule has 2 aromatic carbocycles.